The number of halogens is 1. The SMILES string of the molecule is C=Cc1cnc2c(Nc3cccc(-c4cccc(NC(=O)c5ccc(C(OC)OC)cn5)c4Cl)c3C)nccc2c1. The lowest BCUT2D eigenvalue weighted by Crippen LogP contribution is -2.15. The molecule has 0 saturated carbocycles. The number of rotatable bonds is 9. The van der Waals surface area contributed by atoms with Crippen LogP contribution in [0, 0.1) is 6.92 Å². The van der Waals surface area contributed by atoms with Gasteiger partial charge in [0.15, 0.2) is 12.1 Å². The zero-order chi connectivity index (χ0) is 28.9. The van der Waals surface area contributed by atoms with E-state index in [1.54, 1.807) is 42.9 Å². The highest BCUT2D eigenvalue weighted by Gasteiger charge is 2.17. The van der Waals surface area contributed by atoms with Crippen molar-refractivity contribution in [1.82, 2.24) is 15.0 Å². The van der Waals surface area contributed by atoms with Crippen LogP contribution in [-0.2, 0) is 9.47 Å². The first kappa shape index (κ1) is 27.9. The van der Waals surface area contributed by atoms with Gasteiger partial charge in [-0.15, -0.1) is 0 Å². The number of benzene rings is 2. The maximum atomic E-state index is 13.0. The Labute approximate surface area is 243 Å². The molecule has 0 aliphatic rings. The Morgan fingerprint density at radius 3 is 2.41 bits per heavy atom. The number of hydrogen-bond donors (Lipinski definition) is 2. The second-order valence-electron chi connectivity index (χ2n) is 9.21. The highest BCUT2D eigenvalue weighted by Crippen LogP contribution is 2.38. The van der Waals surface area contributed by atoms with Crippen molar-refractivity contribution in [3.05, 3.63) is 113 Å². The summed E-state index contributed by atoms with van der Waals surface area (Å²) in [7, 11) is 3.07. The molecule has 0 atom stereocenters. The van der Waals surface area contributed by atoms with E-state index in [1.165, 1.54) is 14.2 Å². The molecule has 0 radical (unpaired) electrons. The molecule has 0 spiro atoms. The fraction of sp³-hybridized carbons (Fsp3) is 0.125. The molecule has 1 amide bonds. The first-order chi connectivity index (χ1) is 19.9. The minimum absolute atomic E-state index is 0.236. The second kappa shape index (κ2) is 12.3. The highest BCUT2D eigenvalue weighted by atomic mass is 35.5. The highest BCUT2D eigenvalue weighted by molar-refractivity contribution is 6.36. The van der Waals surface area contributed by atoms with Crippen LogP contribution in [0.3, 0.4) is 0 Å². The number of hydrogen-bond acceptors (Lipinski definition) is 7. The number of ether oxygens (including phenoxy) is 2. The summed E-state index contributed by atoms with van der Waals surface area (Å²) in [6.07, 6.45) is 6.27. The Hall–Kier alpha value is -4.63. The average Bonchev–Trinajstić information content (AvgIpc) is 3.00. The summed E-state index contributed by atoms with van der Waals surface area (Å²) in [6.45, 7) is 5.83. The van der Waals surface area contributed by atoms with Gasteiger partial charge >= 0.3 is 0 Å². The molecular formula is C32H28ClN5O3. The van der Waals surface area contributed by atoms with E-state index in [4.69, 9.17) is 21.1 Å². The number of anilines is 3. The normalized spacial score (nSPS) is 11.0. The molecule has 0 aliphatic heterocycles. The van der Waals surface area contributed by atoms with Gasteiger partial charge in [-0.05, 0) is 53.9 Å². The van der Waals surface area contributed by atoms with E-state index in [2.05, 4.69) is 32.2 Å². The van der Waals surface area contributed by atoms with Crippen LogP contribution in [0.15, 0.2) is 85.8 Å². The van der Waals surface area contributed by atoms with Gasteiger partial charge in [-0.1, -0.05) is 54.6 Å². The van der Waals surface area contributed by atoms with Crippen molar-refractivity contribution in [2.24, 2.45) is 0 Å². The molecule has 0 bridgehead atoms. The van der Waals surface area contributed by atoms with Crippen molar-refractivity contribution in [1.29, 1.82) is 0 Å². The minimum atomic E-state index is -0.558. The quantitative estimate of drug-likeness (QED) is 0.178. The lowest BCUT2D eigenvalue weighted by atomic mass is 9.98. The lowest BCUT2D eigenvalue weighted by molar-refractivity contribution is -0.106. The third-order valence-corrected chi connectivity index (χ3v) is 7.11. The Kier molecular flexibility index (Phi) is 8.35. The largest absolute Gasteiger partial charge is 0.352 e. The van der Waals surface area contributed by atoms with E-state index in [1.807, 2.05) is 49.4 Å². The van der Waals surface area contributed by atoms with E-state index in [9.17, 15) is 4.79 Å². The van der Waals surface area contributed by atoms with Gasteiger partial charge in [-0.2, -0.15) is 0 Å². The van der Waals surface area contributed by atoms with Gasteiger partial charge < -0.3 is 20.1 Å². The smallest absolute Gasteiger partial charge is 0.274 e. The topological polar surface area (TPSA) is 98.3 Å². The first-order valence-corrected chi connectivity index (χ1v) is 13.2. The van der Waals surface area contributed by atoms with Gasteiger partial charge in [0, 0.05) is 55.0 Å². The summed E-state index contributed by atoms with van der Waals surface area (Å²) in [5, 5.41) is 7.69. The zero-order valence-corrected chi connectivity index (χ0v) is 23.6. The summed E-state index contributed by atoms with van der Waals surface area (Å²) in [5.74, 6) is 0.259. The summed E-state index contributed by atoms with van der Waals surface area (Å²) in [4.78, 5) is 26.4. The number of aromatic nitrogens is 3. The molecule has 0 saturated heterocycles. The number of carbonyl (C=O) groups excluding carboxylic acids is 1. The summed E-state index contributed by atoms with van der Waals surface area (Å²) in [6, 6.07) is 18.7. The van der Waals surface area contributed by atoms with E-state index >= 15 is 0 Å². The fourth-order valence-corrected chi connectivity index (χ4v) is 4.82. The molecule has 5 rings (SSSR count). The Bertz CT molecular complexity index is 1740. The van der Waals surface area contributed by atoms with Crippen molar-refractivity contribution in [3.8, 4) is 11.1 Å². The predicted octanol–water partition coefficient (Wildman–Crippen LogP) is 7.58. The van der Waals surface area contributed by atoms with Crippen molar-refractivity contribution >= 4 is 51.7 Å². The molecular weight excluding hydrogens is 538 g/mol. The van der Waals surface area contributed by atoms with Crippen molar-refractivity contribution in [3.63, 3.8) is 0 Å². The van der Waals surface area contributed by atoms with E-state index < -0.39 is 6.29 Å². The number of amides is 1. The van der Waals surface area contributed by atoms with Crippen molar-refractivity contribution in [2.45, 2.75) is 13.2 Å². The van der Waals surface area contributed by atoms with Gasteiger partial charge in [0.05, 0.1) is 10.7 Å². The molecule has 9 heteroatoms. The van der Waals surface area contributed by atoms with Crippen molar-refractivity contribution in [2.75, 3.05) is 24.9 Å². The van der Waals surface area contributed by atoms with Gasteiger partial charge in [0.2, 0.25) is 0 Å². The molecule has 8 nitrogen and oxygen atoms in total. The average molecular weight is 566 g/mol. The number of pyridine rings is 3. The van der Waals surface area contributed by atoms with Crippen LogP contribution in [0.4, 0.5) is 17.2 Å². The molecule has 3 heterocycles. The standard InChI is InChI=1S/C32H28ClN5O3/c1-5-20-16-21-14-15-34-30(29(21)36-17-20)37-25-10-6-8-23(19(25)2)24-9-7-11-26(28(24)33)38-31(39)27-13-12-22(18-35-27)32(40-3)41-4/h5-18,32H,1H2,2-4H3,(H,34,37)(H,38,39). The number of methoxy groups -OCH3 is 2. The maximum Gasteiger partial charge on any atom is 0.274 e. The molecule has 41 heavy (non-hydrogen) atoms. The van der Waals surface area contributed by atoms with Crippen LogP contribution in [0.5, 0.6) is 0 Å². The van der Waals surface area contributed by atoms with Gasteiger partial charge in [0.1, 0.15) is 11.2 Å². The third kappa shape index (κ3) is 5.81. The third-order valence-electron chi connectivity index (χ3n) is 6.70. The molecule has 0 aliphatic carbocycles. The van der Waals surface area contributed by atoms with Crippen LogP contribution in [0.2, 0.25) is 5.02 Å². The van der Waals surface area contributed by atoms with Crippen LogP contribution in [0.25, 0.3) is 28.1 Å². The van der Waals surface area contributed by atoms with Crippen LogP contribution in [0.1, 0.15) is 33.5 Å². The summed E-state index contributed by atoms with van der Waals surface area (Å²) in [5.41, 5.74) is 6.61. The van der Waals surface area contributed by atoms with Crippen LogP contribution < -0.4 is 10.6 Å². The van der Waals surface area contributed by atoms with Crippen LogP contribution >= 0.6 is 11.6 Å². The molecule has 2 N–H and O–H groups in total. The van der Waals surface area contributed by atoms with Crippen molar-refractivity contribution < 1.29 is 14.3 Å². The van der Waals surface area contributed by atoms with E-state index in [0.717, 1.165) is 38.8 Å². The minimum Gasteiger partial charge on any atom is -0.352 e. The number of carbonyl (C=O) groups is 1. The molecule has 0 unspecified atom stereocenters. The Balaban J connectivity index is 1.41. The molecule has 206 valence electrons. The van der Waals surface area contributed by atoms with Gasteiger partial charge in [-0.25, -0.2) is 4.98 Å². The fourth-order valence-electron chi connectivity index (χ4n) is 4.54. The van der Waals surface area contributed by atoms with E-state index in [0.29, 0.717) is 22.1 Å². The second-order valence-corrected chi connectivity index (χ2v) is 9.59. The Morgan fingerprint density at radius 2 is 1.71 bits per heavy atom. The summed E-state index contributed by atoms with van der Waals surface area (Å²) >= 11 is 6.85. The van der Waals surface area contributed by atoms with E-state index in [-0.39, 0.29) is 11.6 Å². The zero-order valence-electron chi connectivity index (χ0n) is 22.8. The predicted molar refractivity (Wildman–Crippen MR) is 163 cm³/mol. The van der Waals surface area contributed by atoms with Gasteiger partial charge in [-0.3, -0.25) is 14.8 Å². The monoisotopic (exact) mass is 565 g/mol. The number of nitrogens with zero attached hydrogens (tertiary/aromatic N) is 3. The van der Waals surface area contributed by atoms with Gasteiger partial charge in [0.25, 0.3) is 5.91 Å². The molecule has 5 aromatic rings. The molecule has 0 fully saturated rings. The molecule has 3 aromatic heterocycles. The molecule has 2 aromatic carbocycles. The number of nitrogens with one attached hydrogen (secondary N) is 2. The van der Waals surface area contributed by atoms with Crippen LogP contribution in [-0.4, -0.2) is 35.1 Å². The Morgan fingerprint density at radius 1 is 0.951 bits per heavy atom. The summed E-state index contributed by atoms with van der Waals surface area (Å²) < 4.78 is 10.5. The first-order valence-electron chi connectivity index (χ1n) is 12.8. The lowest BCUT2D eigenvalue weighted by Gasteiger charge is -2.16. The maximum absolute atomic E-state index is 13.0. The number of fused-ring (bicyclic) bond motifs is 1.